The first kappa shape index (κ1) is 11.2. The fourth-order valence-corrected chi connectivity index (χ4v) is 2.00. The van der Waals surface area contributed by atoms with Gasteiger partial charge in [0, 0.05) is 23.7 Å². The molecular weight excluding hydrogens is 230 g/mol. The molecule has 0 saturated heterocycles. The maximum atomic E-state index is 12.0. The summed E-state index contributed by atoms with van der Waals surface area (Å²) in [5, 5.41) is 12.1. The average molecular weight is 245 g/mol. The summed E-state index contributed by atoms with van der Waals surface area (Å²) in [6.45, 7) is 0.696. The minimum absolute atomic E-state index is 0.0592. The summed E-state index contributed by atoms with van der Waals surface area (Å²) in [5.74, 6) is -0.0987. The predicted octanol–water partition coefficient (Wildman–Crippen LogP) is 0.837. The van der Waals surface area contributed by atoms with E-state index in [0.717, 1.165) is 18.4 Å². The average Bonchev–Trinajstić information content (AvgIpc) is 3.04. The molecule has 1 saturated carbocycles. The number of imidazole rings is 1. The molecule has 0 unspecified atom stereocenters. The number of nitrogens with one attached hydrogen (secondary N) is 1. The van der Waals surface area contributed by atoms with Crippen LogP contribution in [-0.2, 0) is 0 Å². The molecule has 1 amide bonds. The van der Waals surface area contributed by atoms with Crippen LogP contribution >= 0.6 is 0 Å². The van der Waals surface area contributed by atoms with Crippen molar-refractivity contribution in [3.05, 3.63) is 36.4 Å². The van der Waals surface area contributed by atoms with Gasteiger partial charge in [-0.1, -0.05) is 0 Å². The quantitative estimate of drug-likeness (QED) is 0.838. The molecule has 5 heteroatoms. The maximum absolute atomic E-state index is 12.0. The Balaban J connectivity index is 1.71. The minimum atomic E-state index is -0.0987. The summed E-state index contributed by atoms with van der Waals surface area (Å²) in [6.07, 6.45) is 7.21. The van der Waals surface area contributed by atoms with Gasteiger partial charge in [0.1, 0.15) is 0 Å². The van der Waals surface area contributed by atoms with Crippen LogP contribution in [0.2, 0.25) is 0 Å². The first-order valence-corrected chi connectivity index (χ1v) is 6.03. The molecule has 94 valence electrons. The fourth-order valence-electron chi connectivity index (χ4n) is 2.00. The highest BCUT2D eigenvalue weighted by Crippen LogP contribution is 2.44. The summed E-state index contributed by atoms with van der Waals surface area (Å²) in [5.41, 5.74) is 1.46. The monoisotopic (exact) mass is 245 g/mol. The van der Waals surface area contributed by atoms with Gasteiger partial charge in [-0.15, -0.1) is 0 Å². The molecule has 2 N–H and O–H groups in total. The molecule has 2 heterocycles. The maximum Gasteiger partial charge on any atom is 0.251 e. The lowest BCUT2D eigenvalue weighted by Crippen LogP contribution is -2.31. The summed E-state index contributed by atoms with van der Waals surface area (Å²) < 4.78 is 1.85. The Morgan fingerprint density at radius 1 is 1.56 bits per heavy atom. The number of fused-ring (bicyclic) bond motifs is 1. The van der Waals surface area contributed by atoms with E-state index in [1.54, 1.807) is 24.7 Å². The Labute approximate surface area is 104 Å². The highest BCUT2D eigenvalue weighted by atomic mass is 16.3. The molecule has 5 nitrogen and oxygen atoms in total. The van der Waals surface area contributed by atoms with Crippen LogP contribution in [0.4, 0.5) is 0 Å². The van der Waals surface area contributed by atoms with Crippen LogP contribution in [0.25, 0.3) is 5.52 Å². The molecule has 1 aliphatic rings. The van der Waals surface area contributed by atoms with Crippen LogP contribution < -0.4 is 5.32 Å². The second-order valence-corrected chi connectivity index (χ2v) is 4.98. The Bertz CT molecular complexity index is 587. The second kappa shape index (κ2) is 4.10. The van der Waals surface area contributed by atoms with Crippen molar-refractivity contribution in [2.45, 2.75) is 12.8 Å². The Kier molecular flexibility index (Phi) is 2.56. The first-order valence-electron chi connectivity index (χ1n) is 6.03. The topological polar surface area (TPSA) is 66.6 Å². The van der Waals surface area contributed by atoms with Gasteiger partial charge in [-0.25, -0.2) is 4.98 Å². The molecule has 2 aromatic rings. The van der Waals surface area contributed by atoms with E-state index in [0.29, 0.717) is 12.1 Å². The third-order valence-corrected chi connectivity index (χ3v) is 3.59. The van der Waals surface area contributed by atoms with Gasteiger partial charge in [0.2, 0.25) is 0 Å². The van der Waals surface area contributed by atoms with Crippen molar-refractivity contribution in [3.63, 3.8) is 0 Å². The van der Waals surface area contributed by atoms with Crippen molar-refractivity contribution in [1.82, 2.24) is 14.7 Å². The molecule has 0 atom stereocenters. The lowest BCUT2D eigenvalue weighted by Gasteiger charge is -2.12. The number of hydrogen-bond donors (Lipinski definition) is 2. The summed E-state index contributed by atoms with van der Waals surface area (Å²) in [7, 11) is 0. The lowest BCUT2D eigenvalue weighted by atomic mass is 10.1. The van der Waals surface area contributed by atoms with Crippen LogP contribution in [-0.4, -0.2) is 33.6 Å². The zero-order chi connectivity index (χ0) is 12.6. The molecule has 0 spiro atoms. The van der Waals surface area contributed by atoms with Crippen molar-refractivity contribution in [2.75, 3.05) is 13.2 Å². The number of rotatable bonds is 4. The molecule has 2 aromatic heterocycles. The number of nitrogens with zero attached hydrogens (tertiary/aromatic N) is 2. The number of carbonyl (C=O) groups is 1. The van der Waals surface area contributed by atoms with Gasteiger partial charge in [0.25, 0.3) is 5.91 Å². The van der Waals surface area contributed by atoms with Gasteiger partial charge in [-0.05, 0) is 25.0 Å². The summed E-state index contributed by atoms with van der Waals surface area (Å²) >= 11 is 0. The largest absolute Gasteiger partial charge is 0.396 e. The van der Waals surface area contributed by atoms with E-state index >= 15 is 0 Å². The third-order valence-electron chi connectivity index (χ3n) is 3.59. The van der Waals surface area contributed by atoms with Crippen LogP contribution in [0.15, 0.2) is 30.9 Å². The van der Waals surface area contributed by atoms with Gasteiger partial charge in [0.05, 0.1) is 24.6 Å². The number of carbonyl (C=O) groups excluding carboxylic acids is 1. The van der Waals surface area contributed by atoms with Crippen LogP contribution in [0.1, 0.15) is 23.2 Å². The molecule has 1 fully saturated rings. The number of amides is 1. The van der Waals surface area contributed by atoms with Crippen LogP contribution in [0, 0.1) is 5.41 Å². The summed E-state index contributed by atoms with van der Waals surface area (Å²) in [4.78, 5) is 16.0. The Morgan fingerprint density at radius 3 is 3.11 bits per heavy atom. The molecular formula is C13H15N3O2. The smallest absolute Gasteiger partial charge is 0.251 e. The van der Waals surface area contributed by atoms with E-state index in [9.17, 15) is 9.90 Å². The van der Waals surface area contributed by atoms with Crippen molar-refractivity contribution in [2.24, 2.45) is 5.41 Å². The van der Waals surface area contributed by atoms with Crippen molar-refractivity contribution in [1.29, 1.82) is 0 Å². The van der Waals surface area contributed by atoms with Gasteiger partial charge in [-0.3, -0.25) is 4.79 Å². The Hall–Kier alpha value is -1.88. The van der Waals surface area contributed by atoms with Gasteiger partial charge in [0.15, 0.2) is 0 Å². The molecule has 0 aromatic carbocycles. The molecule has 1 aliphatic carbocycles. The zero-order valence-electron chi connectivity index (χ0n) is 9.97. The minimum Gasteiger partial charge on any atom is -0.396 e. The highest BCUT2D eigenvalue weighted by molar-refractivity contribution is 5.95. The Morgan fingerprint density at radius 2 is 2.39 bits per heavy atom. The third kappa shape index (κ3) is 1.97. The standard InChI is InChI=1S/C13H15N3O2/c17-8-13(2-3-13)7-15-12(18)10-1-4-16-9-14-6-11(16)5-10/h1,4-6,9,17H,2-3,7-8H2,(H,15,18). The fraction of sp³-hybridized carbons (Fsp3) is 0.385. The van der Waals surface area contributed by atoms with E-state index in [4.69, 9.17) is 0 Å². The van der Waals surface area contributed by atoms with Crippen molar-refractivity contribution < 1.29 is 9.90 Å². The summed E-state index contributed by atoms with van der Waals surface area (Å²) in [6, 6.07) is 3.57. The molecule has 0 radical (unpaired) electrons. The number of pyridine rings is 1. The number of aliphatic hydroxyl groups is 1. The van der Waals surface area contributed by atoms with Crippen molar-refractivity contribution in [3.8, 4) is 0 Å². The number of hydrogen-bond acceptors (Lipinski definition) is 3. The zero-order valence-corrected chi connectivity index (χ0v) is 9.97. The van der Waals surface area contributed by atoms with Gasteiger partial charge < -0.3 is 14.8 Å². The van der Waals surface area contributed by atoms with E-state index in [1.165, 1.54) is 0 Å². The van der Waals surface area contributed by atoms with Crippen LogP contribution in [0.3, 0.4) is 0 Å². The van der Waals surface area contributed by atoms with Crippen LogP contribution in [0.5, 0.6) is 0 Å². The second-order valence-electron chi connectivity index (χ2n) is 4.98. The van der Waals surface area contributed by atoms with Gasteiger partial charge >= 0.3 is 0 Å². The lowest BCUT2D eigenvalue weighted by molar-refractivity contribution is 0.0935. The first-order chi connectivity index (χ1) is 8.72. The van der Waals surface area contributed by atoms with E-state index in [2.05, 4.69) is 10.3 Å². The van der Waals surface area contributed by atoms with Crippen molar-refractivity contribution >= 4 is 11.4 Å². The SMILES string of the molecule is O=C(NCC1(CO)CC1)c1ccn2cncc2c1. The molecule has 0 bridgehead atoms. The molecule has 0 aliphatic heterocycles. The van der Waals surface area contributed by atoms with E-state index in [-0.39, 0.29) is 17.9 Å². The normalized spacial score (nSPS) is 16.7. The number of aromatic nitrogens is 2. The predicted molar refractivity (Wildman–Crippen MR) is 66.3 cm³/mol. The number of aliphatic hydroxyl groups excluding tert-OH is 1. The molecule has 3 rings (SSSR count). The highest BCUT2D eigenvalue weighted by Gasteiger charge is 2.42. The molecule has 18 heavy (non-hydrogen) atoms. The van der Waals surface area contributed by atoms with E-state index in [1.807, 2.05) is 10.6 Å². The van der Waals surface area contributed by atoms with Gasteiger partial charge in [-0.2, -0.15) is 0 Å². The van der Waals surface area contributed by atoms with E-state index < -0.39 is 0 Å².